The number of likely N-dealkylation sites (tertiary alicyclic amines) is 1. The van der Waals surface area contributed by atoms with E-state index < -0.39 is 0 Å². The van der Waals surface area contributed by atoms with Crippen LogP contribution in [-0.4, -0.2) is 31.2 Å². The van der Waals surface area contributed by atoms with Crippen molar-refractivity contribution in [2.45, 2.75) is 52.4 Å². The topological polar surface area (TPSA) is 0 Å². The molecule has 0 spiro atoms. The number of quaternary nitrogens is 1. The van der Waals surface area contributed by atoms with Gasteiger partial charge in [0.25, 0.3) is 0 Å². The first-order valence-electron chi connectivity index (χ1n) is 6.50. The van der Waals surface area contributed by atoms with Crippen molar-refractivity contribution in [1.82, 2.24) is 0 Å². The van der Waals surface area contributed by atoms with Gasteiger partial charge in [0.05, 0.1) is 26.7 Å². The van der Waals surface area contributed by atoms with E-state index in [2.05, 4.69) is 20.9 Å². The fourth-order valence-electron chi connectivity index (χ4n) is 2.85. The molecule has 0 aromatic carbocycles. The molecule has 1 heteroatoms. The van der Waals surface area contributed by atoms with Crippen LogP contribution in [0.1, 0.15) is 52.4 Å². The third kappa shape index (κ3) is 4.00. The fourth-order valence-corrected chi connectivity index (χ4v) is 2.85. The molecule has 1 atom stereocenters. The number of piperidine rings is 1. The molecule has 0 bridgehead atoms. The summed E-state index contributed by atoms with van der Waals surface area (Å²) < 4.78 is 1.35. The number of unbranched alkanes of at least 4 members (excludes halogenated alkanes) is 1. The van der Waals surface area contributed by atoms with Gasteiger partial charge in [-0.15, -0.1) is 0 Å². The lowest BCUT2D eigenvalue weighted by Gasteiger charge is -2.39. The van der Waals surface area contributed by atoms with Crippen molar-refractivity contribution in [3.63, 3.8) is 0 Å². The zero-order chi connectivity index (χ0) is 10.4. The Balaban J connectivity index is 2.25. The van der Waals surface area contributed by atoms with E-state index in [0.29, 0.717) is 0 Å². The lowest BCUT2D eigenvalue weighted by molar-refractivity contribution is -0.917. The van der Waals surface area contributed by atoms with Gasteiger partial charge in [0.1, 0.15) is 0 Å². The second kappa shape index (κ2) is 5.75. The summed E-state index contributed by atoms with van der Waals surface area (Å²) in [6.07, 6.45) is 8.59. The zero-order valence-corrected chi connectivity index (χ0v) is 10.4. The predicted octanol–water partition coefficient (Wildman–Crippen LogP) is 3.44. The summed E-state index contributed by atoms with van der Waals surface area (Å²) in [7, 11) is 2.46. The Hall–Kier alpha value is -0.0400. The summed E-state index contributed by atoms with van der Waals surface area (Å²) in [5.41, 5.74) is 0. The molecule has 1 fully saturated rings. The Morgan fingerprint density at radius 1 is 1.14 bits per heavy atom. The van der Waals surface area contributed by atoms with E-state index in [4.69, 9.17) is 0 Å². The maximum atomic E-state index is 2.46. The largest absolute Gasteiger partial charge is 0.326 e. The standard InChI is InChI=1S/C13H28N/c1-4-5-9-13(2)12-14(3)10-7-6-8-11-14/h13H,4-12H2,1-3H3/q+1. The van der Waals surface area contributed by atoms with Crippen LogP contribution in [0.3, 0.4) is 0 Å². The smallest absolute Gasteiger partial charge is 0.0810 e. The van der Waals surface area contributed by atoms with E-state index in [0.717, 1.165) is 5.92 Å². The molecule has 1 rings (SSSR count). The van der Waals surface area contributed by atoms with Crippen molar-refractivity contribution in [2.24, 2.45) is 5.92 Å². The Morgan fingerprint density at radius 3 is 2.36 bits per heavy atom. The molecular weight excluding hydrogens is 170 g/mol. The fraction of sp³-hybridized carbons (Fsp3) is 1.00. The quantitative estimate of drug-likeness (QED) is 0.594. The molecule has 14 heavy (non-hydrogen) atoms. The van der Waals surface area contributed by atoms with Crippen LogP contribution < -0.4 is 0 Å². The molecule has 0 aromatic rings. The van der Waals surface area contributed by atoms with Gasteiger partial charge in [-0.1, -0.05) is 26.7 Å². The Bertz CT molecular complexity index is 147. The van der Waals surface area contributed by atoms with E-state index in [9.17, 15) is 0 Å². The molecule has 0 aromatic heterocycles. The van der Waals surface area contributed by atoms with Crippen LogP contribution in [0.2, 0.25) is 0 Å². The van der Waals surface area contributed by atoms with Crippen molar-refractivity contribution >= 4 is 0 Å². The van der Waals surface area contributed by atoms with Crippen LogP contribution >= 0.6 is 0 Å². The van der Waals surface area contributed by atoms with Crippen LogP contribution in [0.15, 0.2) is 0 Å². The maximum Gasteiger partial charge on any atom is 0.0810 e. The van der Waals surface area contributed by atoms with Gasteiger partial charge in [-0.25, -0.2) is 0 Å². The van der Waals surface area contributed by atoms with E-state index in [1.54, 1.807) is 0 Å². The van der Waals surface area contributed by atoms with Gasteiger partial charge < -0.3 is 4.48 Å². The third-order valence-electron chi connectivity index (χ3n) is 3.70. The average molecular weight is 198 g/mol. The average Bonchev–Trinajstić information content (AvgIpc) is 2.15. The summed E-state index contributed by atoms with van der Waals surface area (Å²) in [5, 5.41) is 0. The molecule has 1 nitrogen and oxygen atoms in total. The van der Waals surface area contributed by atoms with Gasteiger partial charge in [0, 0.05) is 5.92 Å². The minimum atomic E-state index is 0.929. The van der Waals surface area contributed by atoms with Crippen LogP contribution in [0, 0.1) is 5.92 Å². The second-order valence-corrected chi connectivity index (χ2v) is 5.56. The highest BCUT2D eigenvalue weighted by molar-refractivity contribution is 4.57. The highest BCUT2D eigenvalue weighted by Gasteiger charge is 2.26. The predicted molar refractivity (Wildman–Crippen MR) is 63.3 cm³/mol. The van der Waals surface area contributed by atoms with Crippen LogP contribution in [0.25, 0.3) is 0 Å². The van der Waals surface area contributed by atoms with Crippen molar-refractivity contribution in [3.8, 4) is 0 Å². The summed E-state index contributed by atoms with van der Waals surface area (Å²) in [4.78, 5) is 0. The number of rotatable bonds is 5. The van der Waals surface area contributed by atoms with Gasteiger partial charge in [-0.2, -0.15) is 0 Å². The van der Waals surface area contributed by atoms with E-state index in [-0.39, 0.29) is 0 Å². The molecule has 0 saturated carbocycles. The van der Waals surface area contributed by atoms with E-state index in [1.807, 2.05) is 0 Å². The van der Waals surface area contributed by atoms with E-state index in [1.165, 1.54) is 62.6 Å². The lowest BCUT2D eigenvalue weighted by atomic mass is 10.0. The molecular formula is C13H28N+. The van der Waals surface area contributed by atoms with Gasteiger partial charge >= 0.3 is 0 Å². The van der Waals surface area contributed by atoms with Gasteiger partial charge in [-0.05, 0) is 25.7 Å². The van der Waals surface area contributed by atoms with Crippen molar-refractivity contribution < 1.29 is 4.48 Å². The molecule has 1 aliphatic heterocycles. The number of hydrogen-bond acceptors (Lipinski definition) is 0. The van der Waals surface area contributed by atoms with Gasteiger partial charge in [0.2, 0.25) is 0 Å². The number of hydrogen-bond donors (Lipinski definition) is 0. The molecule has 0 N–H and O–H groups in total. The lowest BCUT2D eigenvalue weighted by Crippen LogP contribution is -2.50. The first kappa shape index (κ1) is 12.0. The summed E-state index contributed by atoms with van der Waals surface area (Å²) in [5.74, 6) is 0.929. The minimum Gasteiger partial charge on any atom is -0.326 e. The van der Waals surface area contributed by atoms with Gasteiger partial charge in [-0.3, -0.25) is 0 Å². The Labute approximate surface area is 90.1 Å². The second-order valence-electron chi connectivity index (χ2n) is 5.56. The molecule has 0 radical (unpaired) electrons. The number of nitrogens with zero attached hydrogens (tertiary/aromatic N) is 1. The Morgan fingerprint density at radius 2 is 1.79 bits per heavy atom. The normalized spacial score (nSPS) is 23.4. The maximum absolute atomic E-state index is 2.46. The monoisotopic (exact) mass is 198 g/mol. The molecule has 84 valence electrons. The summed E-state index contributed by atoms with van der Waals surface area (Å²) in [6, 6.07) is 0. The molecule has 0 aliphatic carbocycles. The highest BCUT2D eigenvalue weighted by atomic mass is 15.3. The molecule has 0 amide bonds. The van der Waals surface area contributed by atoms with Crippen LogP contribution in [0.4, 0.5) is 0 Å². The van der Waals surface area contributed by atoms with Crippen molar-refractivity contribution in [3.05, 3.63) is 0 Å². The summed E-state index contributed by atoms with van der Waals surface area (Å²) >= 11 is 0. The zero-order valence-electron chi connectivity index (χ0n) is 10.4. The van der Waals surface area contributed by atoms with Crippen molar-refractivity contribution in [2.75, 3.05) is 26.7 Å². The van der Waals surface area contributed by atoms with Crippen LogP contribution in [-0.2, 0) is 0 Å². The molecule has 1 unspecified atom stereocenters. The Kier molecular flexibility index (Phi) is 4.94. The minimum absolute atomic E-state index is 0.929. The molecule has 1 saturated heterocycles. The highest BCUT2D eigenvalue weighted by Crippen LogP contribution is 2.20. The summed E-state index contributed by atoms with van der Waals surface area (Å²) in [6.45, 7) is 9.00. The molecule has 1 heterocycles. The van der Waals surface area contributed by atoms with E-state index >= 15 is 0 Å². The third-order valence-corrected chi connectivity index (χ3v) is 3.70. The van der Waals surface area contributed by atoms with Gasteiger partial charge in [0.15, 0.2) is 0 Å². The SMILES string of the molecule is CCCCC(C)C[N+]1(C)CCCCC1. The molecule has 1 aliphatic rings. The van der Waals surface area contributed by atoms with Crippen LogP contribution in [0.5, 0.6) is 0 Å². The van der Waals surface area contributed by atoms with Crippen molar-refractivity contribution in [1.29, 1.82) is 0 Å². The first-order valence-corrected chi connectivity index (χ1v) is 6.50. The first-order chi connectivity index (χ1) is 6.66.